The van der Waals surface area contributed by atoms with E-state index in [9.17, 15) is 19.1 Å². The molecular weight excluding hydrogens is 465 g/mol. The number of hydrogen-bond donors (Lipinski definition) is 3. The summed E-state index contributed by atoms with van der Waals surface area (Å²) in [5, 5.41) is 27.9. The number of nitrogens with one attached hydrogen (secondary N) is 2. The van der Waals surface area contributed by atoms with Gasteiger partial charge in [0, 0.05) is 36.3 Å². The molecule has 1 aliphatic carbocycles. The molecule has 2 heterocycles. The Bertz CT molecular complexity index is 1240. The highest BCUT2D eigenvalue weighted by molar-refractivity contribution is 5.93. The van der Waals surface area contributed by atoms with Gasteiger partial charge in [0.1, 0.15) is 11.5 Å². The lowest BCUT2D eigenvalue weighted by Crippen LogP contribution is -2.36. The Kier molecular flexibility index (Phi) is 7.99. The Balaban J connectivity index is 1.38. The number of benzene rings is 1. The molecule has 190 valence electrons. The minimum absolute atomic E-state index is 0.00743. The molecular formula is C25H30FN7O3. The van der Waals surface area contributed by atoms with Crippen molar-refractivity contribution in [1.82, 2.24) is 35.8 Å². The van der Waals surface area contributed by atoms with Gasteiger partial charge in [-0.3, -0.25) is 9.59 Å². The second-order valence-corrected chi connectivity index (χ2v) is 9.24. The molecule has 0 aliphatic heterocycles. The smallest absolute Gasteiger partial charge is 0.270 e. The first-order chi connectivity index (χ1) is 17.3. The number of aliphatic hydroxyl groups excluding tert-OH is 1. The predicted molar refractivity (Wildman–Crippen MR) is 129 cm³/mol. The lowest BCUT2D eigenvalue weighted by Gasteiger charge is -2.28. The Morgan fingerprint density at radius 2 is 1.94 bits per heavy atom. The second kappa shape index (κ2) is 11.3. The van der Waals surface area contributed by atoms with Crippen LogP contribution in [0.2, 0.25) is 0 Å². The average molecular weight is 496 g/mol. The summed E-state index contributed by atoms with van der Waals surface area (Å²) >= 11 is 0. The van der Waals surface area contributed by atoms with Crippen LogP contribution >= 0.6 is 0 Å². The van der Waals surface area contributed by atoms with E-state index in [0.717, 1.165) is 25.7 Å². The van der Waals surface area contributed by atoms with Crippen molar-refractivity contribution in [3.63, 3.8) is 0 Å². The molecule has 10 nitrogen and oxygen atoms in total. The Labute approximate surface area is 208 Å². The fraction of sp³-hybridized carbons (Fsp3) is 0.440. The zero-order chi connectivity index (χ0) is 25.7. The molecule has 0 atom stereocenters. The van der Waals surface area contributed by atoms with Gasteiger partial charge in [-0.15, -0.1) is 10.2 Å². The van der Waals surface area contributed by atoms with E-state index in [1.165, 1.54) is 12.1 Å². The molecule has 0 unspecified atom stereocenters. The largest absolute Gasteiger partial charge is 0.392 e. The second-order valence-electron chi connectivity index (χ2n) is 9.24. The topological polar surface area (TPSA) is 135 Å². The van der Waals surface area contributed by atoms with Gasteiger partial charge in [0.25, 0.3) is 5.91 Å². The quantitative estimate of drug-likeness (QED) is 0.436. The molecule has 2 aromatic heterocycles. The van der Waals surface area contributed by atoms with Crippen LogP contribution in [0.25, 0.3) is 11.4 Å². The number of hydrogen-bond acceptors (Lipinski definition) is 7. The number of nitrogens with zero attached hydrogens (tertiary/aromatic N) is 5. The van der Waals surface area contributed by atoms with Crippen molar-refractivity contribution in [2.45, 2.75) is 65.3 Å². The number of aromatic nitrogens is 5. The van der Waals surface area contributed by atoms with E-state index in [-0.39, 0.29) is 29.8 Å². The first kappa shape index (κ1) is 25.4. The van der Waals surface area contributed by atoms with Gasteiger partial charge in [-0.2, -0.15) is 4.80 Å². The minimum atomic E-state index is -0.490. The molecule has 1 aromatic carbocycles. The SMILES string of the molecule is CC(=O)N[C@H]1CC[C@H](Cn2nnc(-c3cc(C)nc(C(=O)NCc4ccc(F)c(CO)c4)c3)n2)CC1. The van der Waals surface area contributed by atoms with Gasteiger partial charge in [0.15, 0.2) is 0 Å². The molecule has 0 spiro atoms. The highest BCUT2D eigenvalue weighted by atomic mass is 19.1. The van der Waals surface area contributed by atoms with Gasteiger partial charge in [-0.25, -0.2) is 9.37 Å². The molecule has 1 fully saturated rings. The number of amides is 2. The number of aryl methyl sites for hydroxylation is 1. The van der Waals surface area contributed by atoms with Crippen molar-refractivity contribution < 1.29 is 19.1 Å². The maximum atomic E-state index is 13.6. The molecule has 0 bridgehead atoms. The van der Waals surface area contributed by atoms with Crippen molar-refractivity contribution >= 4 is 11.8 Å². The van der Waals surface area contributed by atoms with Crippen LogP contribution in [0.5, 0.6) is 0 Å². The highest BCUT2D eigenvalue weighted by Gasteiger charge is 2.23. The molecule has 0 radical (unpaired) electrons. The summed E-state index contributed by atoms with van der Waals surface area (Å²) in [6.45, 7) is 3.72. The molecule has 3 aromatic rings. The number of rotatable bonds is 8. The van der Waals surface area contributed by atoms with Gasteiger partial charge in [-0.05, 0) is 73.6 Å². The van der Waals surface area contributed by atoms with Crippen molar-refractivity contribution in [2.24, 2.45) is 5.92 Å². The number of aliphatic hydroxyl groups is 1. The van der Waals surface area contributed by atoms with Crippen LogP contribution in [0.1, 0.15) is 59.9 Å². The van der Waals surface area contributed by atoms with Crippen LogP contribution in [0.15, 0.2) is 30.3 Å². The standard InChI is InChI=1S/C25H30FN7O3/c1-15-9-19(11-23(28-15)25(36)27-12-18-5-8-22(26)20(10-18)14-34)24-30-32-33(31-24)13-17-3-6-21(7-4-17)29-16(2)35/h5,8-11,17,21,34H,3-4,6-7,12-14H2,1-2H3,(H,27,36)(H,29,35)/t17-,21-. The third kappa shape index (κ3) is 6.48. The summed E-state index contributed by atoms with van der Waals surface area (Å²) in [6.07, 6.45) is 3.84. The zero-order valence-corrected chi connectivity index (χ0v) is 20.4. The number of halogens is 1. The maximum absolute atomic E-state index is 13.6. The molecule has 0 saturated heterocycles. The van der Waals surface area contributed by atoms with Gasteiger partial charge < -0.3 is 15.7 Å². The maximum Gasteiger partial charge on any atom is 0.270 e. The monoisotopic (exact) mass is 495 g/mol. The third-order valence-corrected chi connectivity index (χ3v) is 6.31. The third-order valence-electron chi connectivity index (χ3n) is 6.31. The Morgan fingerprint density at radius 1 is 1.17 bits per heavy atom. The highest BCUT2D eigenvalue weighted by Crippen LogP contribution is 2.25. The van der Waals surface area contributed by atoms with Gasteiger partial charge in [0.05, 0.1) is 13.2 Å². The molecule has 3 N–H and O–H groups in total. The molecule has 4 rings (SSSR count). The predicted octanol–water partition coefficient (Wildman–Crippen LogP) is 2.30. The zero-order valence-electron chi connectivity index (χ0n) is 20.4. The number of carbonyl (C=O) groups excluding carboxylic acids is 2. The number of tetrazole rings is 1. The van der Waals surface area contributed by atoms with Crippen molar-refractivity contribution in [3.05, 3.63) is 58.7 Å². The number of pyridine rings is 1. The van der Waals surface area contributed by atoms with E-state index >= 15 is 0 Å². The van der Waals surface area contributed by atoms with Crippen LogP contribution in [0.3, 0.4) is 0 Å². The van der Waals surface area contributed by atoms with Crippen LogP contribution in [-0.4, -0.2) is 48.2 Å². The van der Waals surface area contributed by atoms with Crippen molar-refractivity contribution in [3.8, 4) is 11.4 Å². The van der Waals surface area contributed by atoms with E-state index in [1.807, 2.05) is 0 Å². The van der Waals surface area contributed by atoms with Crippen molar-refractivity contribution in [1.29, 1.82) is 0 Å². The Hall–Kier alpha value is -3.73. The lowest BCUT2D eigenvalue weighted by molar-refractivity contribution is -0.119. The van der Waals surface area contributed by atoms with Gasteiger partial charge in [0.2, 0.25) is 11.7 Å². The van der Waals surface area contributed by atoms with Crippen LogP contribution in [0.4, 0.5) is 4.39 Å². The van der Waals surface area contributed by atoms with Crippen LogP contribution < -0.4 is 10.6 Å². The summed E-state index contributed by atoms with van der Waals surface area (Å²) in [5.41, 5.74) is 2.32. The van der Waals surface area contributed by atoms with E-state index in [4.69, 9.17) is 0 Å². The summed E-state index contributed by atoms with van der Waals surface area (Å²) < 4.78 is 13.6. The van der Waals surface area contributed by atoms with E-state index < -0.39 is 18.3 Å². The summed E-state index contributed by atoms with van der Waals surface area (Å²) in [6, 6.07) is 7.98. The molecule has 1 aliphatic rings. The molecule has 2 amide bonds. The number of carbonyl (C=O) groups is 2. The molecule has 36 heavy (non-hydrogen) atoms. The fourth-order valence-electron chi connectivity index (χ4n) is 4.49. The van der Waals surface area contributed by atoms with Gasteiger partial charge in [-0.1, -0.05) is 6.07 Å². The Morgan fingerprint density at radius 3 is 2.67 bits per heavy atom. The van der Waals surface area contributed by atoms with Crippen molar-refractivity contribution in [2.75, 3.05) is 0 Å². The van der Waals surface area contributed by atoms with Gasteiger partial charge >= 0.3 is 0 Å². The van der Waals surface area contributed by atoms with Crippen LogP contribution in [-0.2, 0) is 24.5 Å². The molecule has 1 saturated carbocycles. The summed E-state index contributed by atoms with van der Waals surface area (Å²) in [7, 11) is 0. The lowest BCUT2D eigenvalue weighted by atomic mass is 9.86. The molecule has 11 heteroatoms. The van der Waals surface area contributed by atoms with E-state index in [1.54, 1.807) is 36.8 Å². The summed E-state index contributed by atoms with van der Waals surface area (Å²) in [5.74, 6) is -0.0510. The minimum Gasteiger partial charge on any atom is -0.392 e. The first-order valence-electron chi connectivity index (χ1n) is 12.0. The average Bonchev–Trinajstić information content (AvgIpc) is 3.32. The summed E-state index contributed by atoms with van der Waals surface area (Å²) in [4.78, 5) is 29.9. The van der Waals surface area contributed by atoms with E-state index in [0.29, 0.717) is 35.1 Å². The van der Waals surface area contributed by atoms with Crippen LogP contribution in [0, 0.1) is 18.7 Å². The van der Waals surface area contributed by atoms with E-state index in [2.05, 4.69) is 31.0 Å². The normalized spacial score (nSPS) is 17.6. The fourth-order valence-corrected chi connectivity index (χ4v) is 4.49. The first-order valence-corrected chi connectivity index (χ1v) is 12.0.